The minimum Gasteiger partial charge on any atom is -0.340 e. The molecule has 0 bridgehead atoms. The number of halogens is 1. The van der Waals surface area contributed by atoms with Gasteiger partial charge in [0, 0.05) is 50.2 Å². The zero-order chi connectivity index (χ0) is 16.9. The molecule has 1 aromatic carbocycles. The van der Waals surface area contributed by atoms with Crippen molar-refractivity contribution >= 4 is 17.5 Å². The Hall–Kier alpha value is -1.10. The number of likely N-dealkylation sites (tertiary alicyclic amines) is 1. The average molecular weight is 350 g/mol. The van der Waals surface area contributed by atoms with Crippen LogP contribution in [-0.4, -0.2) is 66.4 Å². The highest BCUT2D eigenvalue weighted by Crippen LogP contribution is 2.19. The van der Waals surface area contributed by atoms with Crippen LogP contribution < -0.4 is 0 Å². The van der Waals surface area contributed by atoms with Crippen LogP contribution in [0, 0.1) is 0 Å². The third-order valence-electron chi connectivity index (χ3n) is 5.35. The molecule has 1 amide bonds. The van der Waals surface area contributed by atoms with Crippen LogP contribution in [-0.2, 0) is 11.3 Å². The number of nitrogens with zero attached hydrogens (tertiary/aromatic N) is 3. The van der Waals surface area contributed by atoms with Crippen LogP contribution in [0.1, 0.15) is 31.2 Å². The Morgan fingerprint density at radius 3 is 2.67 bits per heavy atom. The van der Waals surface area contributed by atoms with E-state index >= 15 is 0 Å². The van der Waals surface area contributed by atoms with Gasteiger partial charge in [0.05, 0.1) is 0 Å². The van der Waals surface area contributed by atoms with Crippen molar-refractivity contribution in [2.45, 2.75) is 38.3 Å². The quantitative estimate of drug-likeness (QED) is 0.836. The molecule has 0 saturated carbocycles. The minimum atomic E-state index is 0.330. The number of hydrogen-bond donors (Lipinski definition) is 0. The van der Waals surface area contributed by atoms with Crippen LogP contribution in [0.25, 0.3) is 0 Å². The second-order valence-electron chi connectivity index (χ2n) is 7.12. The summed E-state index contributed by atoms with van der Waals surface area (Å²) in [5.41, 5.74) is 1.24. The number of amides is 1. The maximum atomic E-state index is 12.6. The Morgan fingerprint density at radius 1 is 1.17 bits per heavy atom. The molecule has 2 aliphatic heterocycles. The number of carbonyl (C=O) groups excluding carboxylic acids is 1. The molecule has 4 nitrogen and oxygen atoms in total. The highest BCUT2D eigenvalue weighted by molar-refractivity contribution is 6.30. The van der Waals surface area contributed by atoms with Crippen LogP contribution in [0.15, 0.2) is 24.3 Å². The van der Waals surface area contributed by atoms with Crippen molar-refractivity contribution in [3.05, 3.63) is 34.9 Å². The van der Waals surface area contributed by atoms with Crippen LogP contribution in [0.5, 0.6) is 0 Å². The number of carbonyl (C=O) groups is 1. The normalized spacial score (nSPS) is 23.4. The maximum absolute atomic E-state index is 12.6. The van der Waals surface area contributed by atoms with Crippen LogP contribution in [0.3, 0.4) is 0 Å². The standard InChI is InChI=1S/C19H28ClN3O/c1-21-8-3-2-7-18(21)14-19(24)23-11-9-22(10-12-23)15-16-5-4-6-17(20)13-16/h4-6,13,18H,2-3,7-12,14-15H2,1H3/t18-/m1/s1. The molecule has 3 rings (SSSR count). The van der Waals surface area contributed by atoms with E-state index in [9.17, 15) is 4.79 Å². The monoisotopic (exact) mass is 349 g/mol. The summed E-state index contributed by atoms with van der Waals surface area (Å²) >= 11 is 6.06. The second-order valence-corrected chi connectivity index (χ2v) is 7.56. The van der Waals surface area contributed by atoms with E-state index in [0.29, 0.717) is 18.4 Å². The molecule has 5 heteroatoms. The van der Waals surface area contributed by atoms with Crippen molar-refractivity contribution in [2.75, 3.05) is 39.8 Å². The Balaban J connectivity index is 1.45. The first kappa shape index (κ1) is 17.7. The summed E-state index contributed by atoms with van der Waals surface area (Å²) in [6.45, 7) is 5.61. The molecule has 24 heavy (non-hydrogen) atoms. The van der Waals surface area contributed by atoms with Crippen molar-refractivity contribution in [2.24, 2.45) is 0 Å². The van der Waals surface area contributed by atoms with Crippen molar-refractivity contribution < 1.29 is 4.79 Å². The first-order valence-electron chi connectivity index (χ1n) is 9.06. The molecule has 0 spiro atoms. The van der Waals surface area contributed by atoms with Crippen molar-refractivity contribution in [3.63, 3.8) is 0 Å². The van der Waals surface area contributed by atoms with E-state index in [-0.39, 0.29) is 0 Å². The second kappa shape index (κ2) is 8.32. The molecule has 2 heterocycles. The number of piperazine rings is 1. The van der Waals surface area contributed by atoms with Gasteiger partial charge < -0.3 is 9.80 Å². The molecule has 0 aliphatic carbocycles. The van der Waals surface area contributed by atoms with Crippen molar-refractivity contribution in [1.82, 2.24) is 14.7 Å². The molecule has 2 aliphatic rings. The van der Waals surface area contributed by atoms with Gasteiger partial charge in [0.1, 0.15) is 0 Å². The number of benzene rings is 1. The fraction of sp³-hybridized carbons (Fsp3) is 0.632. The molecule has 0 N–H and O–H groups in total. The van der Waals surface area contributed by atoms with Gasteiger partial charge in [0.2, 0.25) is 5.91 Å². The zero-order valence-electron chi connectivity index (χ0n) is 14.6. The summed E-state index contributed by atoms with van der Waals surface area (Å²) in [6, 6.07) is 8.48. The lowest BCUT2D eigenvalue weighted by atomic mass is 9.99. The van der Waals surface area contributed by atoms with Gasteiger partial charge in [-0.3, -0.25) is 9.69 Å². The SMILES string of the molecule is CN1CCCC[C@@H]1CC(=O)N1CCN(Cc2cccc(Cl)c2)CC1. The fourth-order valence-corrected chi connectivity index (χ4v) is 3.99. The van der Waals surface area contributed by atoms with Crippen LogP contribution in [0.4, 0.5) is 0 Å². The van der Waals surface area contributed by atoms with E-state index in [2.05, 4.69) is 27.8 Å². The third kappa shape index (κ3) is 4.71. The summed E-state index contributed by atoms with van der Waals surface area (Å²) in [5, 5.41) is 0.790. The number of rotatable bonds is 4. The lowest BCUT2D eigenvalue weighted by Gasteiger charge is -2.37. The molecular weight excluding hydrogens is 322 g/mol. The minimum absolute atomic E-state index is 0.330. The smallest absolute Gasteiger partial charge is 0.224 e. The molecule has 2 saturated heterocycles. The molecule has 132 valence electrons. The summed E-state index contributed by atoms with van der Waals surface area (Å²) in [5.74, 6) is 0.330. The van der Waals surface area contributed by atoms with E-state index in [4.69, 9.17) is 11.6 Å². The molecule has 0 aromatic heterocycles. The van der Waals surface area contributed by atoms with E-state index < -0.39 is 0 Å². The maximum Gasteiger partial charge on any atom is 0.224 e. The zero-order valence-corrected chi connectivity index (χ0v) is 15.3. The van der Waals surface area contributed by atoms with Gasteiger partial charge in [0.25, 0.3) is 0 Å². The average Bonchev–Trinajstić information content (AvgIpc) is 2.57. The fourth-order valence-electron chi connectivity index (χ4n) is 3.78. The van der Waals surface area contributed by atoms with Gasteiger partial charge in [-0.05, 0) is 44.1 Å². The first-order valence-corrected chi connectivity index (χ1v) is 9.44. The highest BCUT2D eigenvalue weighted by atomic mass is 35.5. The van der Waals surface area contributed by atoms with Crippen molar-refractivity contribution in [3.8, 4) is 0 Å². The number of hydrogen-bond acceptors (Lipinski definition) is 3. The molecule has 0 unspecified atom stereocenters. The molecule has 0 radical (unpaired) electrons. The van der Waals surface area contributed by atoms with Gasteiger partial charge >= 0.3 is 0 Å². The van der Waals surface area contributed by atoms with Gasteiger partial charge in [-0.2, -0.15) is 0 Å². The lowest BCUT2D eigenvalue weighted by Crippen LogP contribution is -2.50. The lowest BCUT2D eigenvalue weighted by molar-refractivity contribution is -0.134. The van der Waals surface area contributed by atoms with E-state index in [1.165, 1.54) is 18.4 Å². The van der Waals surface area contributed by atoms with Gasteiger partial charge in [-0.15, -0.1) is 0 Å². The Labute approximate surface area is 150 Å². The number of piperidine rings is 1. The van der Waals surface area contributed by atoms with Crippen molar-refractivity contribution in [1.29, 1.82) is 0 Å². The molecule has 1 atom stereocenters. The summed E-state index contributed by atoms with van der Waals surface area (Å²) in [7, 11) is 2.15. The van der Waals surface area contributed by atoms with Crippen LogP contribution >= 0.6 is 11.6 Å². The largest absolute Gasteiger partial charge is 0.340 e. The van der Waals surface area contributed by atoms with Gasteiger partial charge in [-0.1, -0.05) is 30.2 Å². The van der Waals surface area contributed by atoms with E-state index in [1.54, 1.807) is 0 Å². The summed E-state index contributed by atoms with van der Waals surface area (Å²) in [4.78, 5) is 19.4. The van der Waals surface area contributed by atoms with Gasteiger partial charge in [0.15, 0.2) is 0 Å². The topological polar surface area (TPSA) is 26.8 Å². The molecular formula is C19H28ClN3O. The highest BCUT2D eigenvalue weighted by Gasteiger charge is 2.26. The summed E-state index contributed by atoms with van der Waals surface area (Å²) in [6.07, 6.45) is 4.38. The molecule has 2 fully saturated rings. The first-order chi connectivity index (χ1) is 11.6. The Morgan fingerprint density at radius 2 is 1.96 bits per heavy atom. The van der Waals surface area contributed by atoms with Crippen LogP contribution in [0.2, 0.25) is 5.02 Å². The Bertz CT molecular complexity index is 557. The Kier molecular flexibility index (Phi) is 6.14. The predicted molar refractivity (Wildman–Crippen MR) is 98.2 cm³/mol. The van der Waals surface area contributed by atoms with E-state index in [0.717, 1.165) is 50.7 Å². The third-order valence-corrected chi connectivity index (χ3v) is 5.59. The summed E-state index contributed by atoms with van der Waals surface area (Å²) < 4.78 is 0. The predicted octanol–water partition coefficient (Wildman–Crippen LogP) is 2.86. The van der Waals surface area contributed by atoms with E-state index in [1.807, 2.05) is 18.2 Å². The molecule has 1 aromatic rings. The van der Waals surface area contributed by atoms with Gasteiger partial charge in [-0.25, -0.2) is 0 Å².